The summed E-state index contributed by atoms with van der Waals surface area (Å²) in [5.41, 5.74) is 0.624. The van der Waals surface area contributed by atoms with Crippen LogP contribution in [0.15, 0.2) is 4.79 Å². The van der Waals surface area contributed by atoms with Crippen LogP contribution in [-0.2, 0) is 4.79 Å². The standard InChI is InChI=1S/C13H17N3O4/c1-6-7(2)14-15-11(17)10(6)12(18)16-5-4-9(8(16)3)13(19)20/h8-9H,4-5H2,1-3H3,(H,15,17)(H,19,20). The van der Waals surface area contributed by atoms with Crippen LogP contribution >= 0.6 is 0 Å². The van der Waals surface area contributed by atoms with Gasteiger partial charge >= 0.3 is 5.97 Å². The molecule has 108 valence electrons. The summed E-state index contributed by atoms with van der Waals surface area (Å²) < 4.78 is 0. The normalized spacial score (nSPS) is 22.1. The maximum atomic E-state index is 12.5. The molecule has 2 heterocycles. The molecule has 2 rings (SSSR count). The Morgan fingerprint density at radius 1 is 1.40 bits per heavy atom. The van der Waals surface area contributed by atoms with Crippen molar-refractivity contribution in [1.82, 2.24) is 15.1 Å². The van der Waals surface area contributed by atoms with Gasteiger partial charge in [-0.15, -0.1) is 0 Å². The maximum Gasteiger partial charge on any atom is 0.308 e. The van der Waals surface area contributed by atoms with Crippen LogP contribution in [0, 0.1) is 19.8 Å². The average molecular weight is 279 g/mol. The van der Waals surface area contributed by atoms with Crippen molar-refractivity contribution < 1.29 is 14.7 Å². The van der Waals surface area contributed by atoms with E-state index in [0.717, 1.165) is 0 Å². The fourth-order valence-electron chi connectivity index (χ4n) is 2.58. The third kappa shape index (κ3) is 2.19. The second kappa shape index (κ2) is 5.07. The molecule has 1 aliphatic rings. The molecule has 0 saturated carbocycles. The molecule has 0 aromatic carbocycles. The van der Waals surface area contributed by atoms with Crippen molar-refractivity contribution in [3.63, 3.8) is 0 Å². The molecule has 0 bridgehead atoms. The molecule has 7 nitrogen and oxygen atoms in total. The van der Waals surface area contributed by atoms with E-state index in [9.17, 15) is 14.4 Å². The third-order valence-electron chi connectivity index (χ3n) is 4.02. The predicted molar refractivity (Wildman–Crippen MR) is 70.6 cm³/mol. The second-order valence-electron chi connectivity index (χ2n) is 5.11. The molecule has 2 unspecified atom stereocenters. The highest BCUT2D eigenvalue weighted by atomic mass is 16.4. The molecule has 1 aromatic rings. The van der Waals surface area contributed by atoms with E-state index < -0.39 is 29.4 Å². The number of carbonyl (C=O) groups excluding carboxylic acids is 1. The van der Waals surface area contributed by atoms with E-state index in [1.54, 1.807) is 20.8 Å². The fraction of sp³-hybridized carbons (Fsp3) is 0.538. The zero-order valence-electron chi connectivity index (χ0n) is 11.6. The number of aromatic amines is 1. The van der Waals surface area contributed by atoms with Crippen LogP contribution < -0.4 is 5.56 Å². The van der Waals surface area contributed by atoms with E-state index in [4.69, 9.17) is 5.11 Å². The number of aryl methyl sites for hydroxylation is 1. The van der Waals surface area contributed by atoms with Crippen LogP contribution in [0.1, 0.15) is 35.0 Å². The van der Waals surface area contributed by atoms with Gasteiger partial charge in [-0.1, -0.05) is 0 Å². The average Bonchev–Trinajstić information content (AvgIpc) is 2.76. The highest BCUT2D eigenvalue weighted by Gasteiger charge is 2.39. The molecule has 20 heavy (non-hydrogen) atoms. The SMILES string of the molecule is Cc1n[nH]c(=O)c(C(=O)N2CCC(C(=O)O)C2C)c1C. The molecule has 0 radical (unpaired) electrons. The molecule has 0 aliphatic carbocycles. The molecule has 1 saturated heterocycles. The Morgan fingerprint density at radius 3 is 2.60 bits per heavy atom. The predicted octanol–water partition coefficient (Wildman–Crippen LogP) is 0.322. The lowest BCUT2D eigenvalue weighted by Gasteiger charge is -2.23. The van der Waals surface area contributed by atoms with Gasteiger partial charge in [0.1, 0.15) is 5.56 Å². The van der Waals surface area contributed by atoms with Gasteiger partial charge in [0.2, 0.25) is 0 Å². The molecule has 0 spiro atoms. The summed E-state index contributed by atoms with van der Waals surface area (Å²) in [5, 5.41) is 15.2. The molecular weight excluding hydrogens is 262 g/mol. The minimum atomic E-state index is -0.913. The number of carbonyl (C=O) groups is 2. The lowest BCUT2D eigenvalue weighted by Crippen LogP contribution is -2.40. The summed E-state index contributed by atoms with van der Waals surface area (Å²) in [5.74, 6) is -1.92. The van der Waals surface area contributed by atoms with Crippen molar-refractivity contribution in [2.24, 2.45) is 5.92 Å². The first kappa shape index (κ1) is 14.2. The minimum Gasteiger partial charge on any atom is -0.481 e. The minimum absolute atomic E-state index is 0.0513. The number of nitrogens with zero attached hydrogens (tertiary/aromatic N) is 2. The van der Waals surface area contributed by atoms with E-state index in [2.05, 4.69) is 10.2 Å². The maximum absolute atomic E-state index is 12.5. The Labute approximate surface area is 115 Å². The zero-order chi connectivity index (χ0) is 15.0. The molecule has 2 N–H and O–H groups in total. The molecule has 1 aliphatic heterocycles. The van der Waals surface area contributed by atoms with Crippen LogP contribution in [0.25, 0.3) is 0 Å². The Bertz CT molecular complexity index is 623. The van der Waals surface area contributed by atoms with Crippen LogP contribution in [0.3, 0.4) is 0 Å². The fourth-order valence-corrected chi connectivity index (χ4v) is 2.58. The highest BCUT2D eigenvalue weighted by molar-refractivity contribution is 5.96. The topological polar surface area (TPSA) is 103 Å². The lowest BCUT2D eigenvalue weighted by molar-refractivity contribution is -0.142. The van der Waals surface area contributed by atoms with Gasteiger partial charge < -0.3 is 10.0 Å². The number of carboxylic acid groups (broad SMARTS) is 1. The van der Waals surface area contributed by atoms with Crippen LogP contribution in [0.2, 0.25) is 0 Å². The molecule has 1 aromatic heterocycles. The largest absolute Gasteiger partial charge is 0.481 e. The lowest BCUT2D eigenvalue weighted by atomic mass is 10.0. The van der Waals surface area contributed by atoms with Crippen molar-refractivity contribution >= 4 is 11.9 Å². The number of rotatable bonds is 2. The van der Waals surface area contributed by atoms with Crippen molar-refractivity contribution in [2.45, 2.75) is 33.2 Å². The molecule has 1 fully saturated rings. The van der Waals surface area contributed by atoms with Crippen LogP contribution in [0.4, 0.5) is 0 Å². The second-order valence-corrected chi connectivity index (χ2v) is 5.11. The van der Waals surface area contributed by atoms with Crippen molar-refractivity contribution in [2.75, 3.05) is 6.54 Å². The molecular formula is C13H17N3O4. The van der Waals surface area contributed by atoms with Crippen molar-refractivity contribution in [1.29, 1.82) is 0 Å². The molecule has 1 amide bonds. The number of amides is 1. The van der Waals surface area contributed by atoms with E-state index in [0.29, 0.717) is 24.2 Å². The first-order chi connectivity index (χ1) is 9.34. The van der Waals surface area contributed by atoms with Gasteiger partial charge in [0.15, 0.2) is 0 Å². The summed E-state index contributed by atoms with van der Waals surface area (Å²) >= 11 is 0. The van der Waals surface area contributed by atoms with E-state index >= 15 is 0 Å². The van der Waals surface area contributed by atoms with Gasteiger partial charge in [-0.3, -0.25) is 14.4 Å². The Morgan fingerprint density at radius 2 is 2.05 bits per heavy atom. The Hall–Kier alpha value is -2.18. The number of likely N-dealkylation sites (tertiary alicyclic amines) is 1. The van der Waals surface area contributed by atoms with Gasteiger partial charge in [-0.05, 0) is 32.8 Å². The number of aliphatic carboxylic acids is 1. The summed E-state index contributed by atoms with van der Waals surface area (Å²) in [6.45, 7) is 5.41. The first-order valence-corrected chi connectivity index (χ1v) is 6.44. The van der Waals surface area contributed by atoms with Crippen molar-refractivity contribution in [3.8, 4) is 0 Å². The van der Waals surface area contributed by atoms with Crippen LogP contribution in [-0.4, -0.2) is 44.7 Å². The third-order valence-corrected chi connectivity index (χ3v) is 4.02. The quantitative estimate of drug-likeness (QED) is 0.811. The number of hydrogen-bond donors (Lipinski definition) is 2. The summed E-state index contributed by atoms with van der Waals surface area (Å²) in [4.78, 5) is 36.9. The van der Waals surface area contributed by atoms with E-state index in [1.165, 1.54) is 4.90 Å². The Kier molecular flexibility index (Phi) is 3.61. The monoisotopic (exact) mass is 279 g/mol. The van der Waals surface area contributed by atoms with E-state index in [1.807, 2.05) is 0 Å². The summed E-state index contributed by atoms with van der Waals surface area (Å²) in [7, 11) is 0. The van der Waals surface area contributed by atoms with Gasteiger partial charge in [0, 0.05) is 12.6 Å². The first-order valence-electron chi connectivity index (χ1n) is 6.44. The highest BCUT2D eigenvalue weighted by Crippen LogP contribution is 2.26. The zero-order valence-corrected chi connectivity index (χ0v) is 11.6. The van der Waals surface area contributed by atoms with Gasteiger partial charge in [-0.25, -0.2) is 5.10 Å². The van der Waals surface area contributed by atoms with Crippen LogP contribution in [0.5, 0.6) is 0 Å². The molecule has 7 heteroatoms. The van der Waals surface area contributed by atoms with Gasteiger partial charge in [0.25, 0.3) is 11.5 Å². The van der Waals surface area contributed by atoms with Gasteiger partial charge in [0.05, 0.1) is 11.6 Å². The smallest absolute Gasteiger partial charge is 0.308 e. The summed E-state index contributed by atoms with van der Waals surface area (Å²) in [6.07, 6.45) is 0.406. The molecule has 2 atom stereocenters. The van der Waals surface area contributed by atoms with Crippen molar-refractivity contribution in [3.05, 3.63) is 27.2 Å². The number of aromatic nitrogens is 2. The van der Waals surface area contributed by atoms with Gasteiger partial charge in [-0.2, -0.15) is 5.10 Å². The number of hydrogen-bond acceptors (Lipinski definition) is 4. The number of nitrogens with one attached hydrogen (secondary N) is 1. The number of H-pyrrole nitrogens is 1. The van der Waals surface area contributed by atoms with E-state index in [-0.39, 0.29) is 5.56 Å². The number of carboxylic acids is 1. The summed E-state index contributed by atoms with van der Waals surface area (Å²) in [6, 6.07) is -0.424. The Balaban J connectivity index is 2.37.